The van der Waals surface area contributed by atoms with E-state index in [1.165, 1.54) is 101 Å². The standard InChI is InChI=1S/C40H49ClN2O4S/c1-4-6-7-8-9-10-11-12-13-14-15-16-17-18-27-46-31-24-22-30(23-25-31)37-29(3)48-40(42-37)39(45)33-28-34(41)36-32(38(33)44)20-19-21-35(36)43-47-26-5-2/h19-25,28,43-44H,4,6-18,27H2,1-3H3. The Bertz CT molecular complexity index is 1670. The lowest BCUT2D eigenvalue weighted by molar-refractivity contribution is 0.103. The Morgan fingerprint density at radius 3 is 2.17 bits per heavy atom. The third kappa shape index (κ3) is 10.6. The van der Waals surface area contributed by atoms with Crippen molar-refractivity contribution in [1.82, 2.24) is 4.98 Å². The summed E-state index contributed by atoms with van der Waals surface area (Å²) in [6, 6.07) is 14.5. The molecule has 0 unspecified atom stereocenters. The molecule has 4 rings (SSSR count). The highest BCUT2D eigenvalue weighted by molar-refractivity contribution is 7.14. The number of unbranched alkanes of at least 4 members (excludes halogenated alkanes) is 13. The highest BCUT2D eigenvalue weighted by Crippen LogP contribution is 2.40. The van der Waals surface area contributed by atoms with Crippen LogP contribution in [-0.4, -0.2) is 22.5 Å². The minimum absolute atomic E-state index is 0.0893. The van der Waals surface area contributed by atoms with E-state index in [0.717, 1.165) is 28.3 Å². The van der Waals surface area contributed by atoms with Crippen LogP contribution in [0.25, 0.3) is 22.0 Å². The number of ether oxygens (including phenoxy) is 1. The molecule has 6 nitrogen and oxygen atoms in total. The molecule has 4 aromatic rings. The van der Waals surface area contributed by atoms with Gasteiger partial charge in [-0.15, -0.1) is 11.3 Å². The van der Waals surface area contributed by atoms with Gasteiger partial charge in [0, 0.05) is 28.1 Å². The minimum Gasteiger partial charge on any atom is -0.507 e. The third-order valence-corrected chi connectivity index (χ3v) is 9.80. The number of halogens is 1. The van der Waals surface area contributed by atoms with Crippen LogP contribution in [0.15, 0.2) is 48.5 Å². The summed E-state index contributed by atoms with van der Waals surface area (Å²) in [4.78, 5) is 24.3. The number of nitrogens with zero attached hydrogens (tertiary/aromatic N) is 1. The maximum absolute atomic E-state index is 13.6. The summed E-state index contributed by atoms with van der Waals surface area (Å²) in [6.45, 7) is 6.57. The van der Waals surface area contributed by atoms with E-state index in [1.54, 1.807) is 25.1 Å². The van der Waals surface area contributed by atoms with Crippen LogP contribution in [0, 0.1) is 19.0 Å². The number of aromatic hydroxyl groups is 1. The number of hydrogen-bond donors (Lipinski definition) is 2. The molecule has 8 heteroatoms. The fraction of sp³-hybridized carbons (Fsp3) is 0.450. The second-order valence-electron chi connectivity index (χ2n) is 12.3. The van der Waals surface area contributed by atoms with E-state index >= 15 is 0 Å². The number of benzene rings is 3. The first-order valence-electron chi connectivity index (χ1n) is 17.5. The first-order chi connectivity index (χ1) is 23.4. The average Bonchev–Trinajstić information content (AvgIpc) is 3.49. The molecule has 0 radical (unpaired) electrons. The SMILES string of the molecule is CC#CONc1cccc2c(O)c(C(=O)c3nc(-c4ccc(OCCCCCCCCCCCCCCCC)cc4)c(C)s3)cc(Cl)c12. The zero-order valence-electron chi connectivity index (χ0n) is 28.6. The molecule has 0 bridgehead atoms. The largest absolute Gasteiger partial charge is 0.507 e. The summed E-state index contributed by atoms with van der Waals surface area (Å²) >= 11 is 7.91. The summed E-state index contributed by atoms with van der Waals surface area (Å²) in [7, 11) is 0. The highest BCUT2D eigenvalue weighted by atomic mass is 35.5. The Morgan fingerprint density at radius 2 is 1.54 bits per heavy atom. The predicted molar refractivity (Wildman–Crippen MR) is 200 cm³/mol. The quantitative estimate of drug-likeness (QED) is 0.0392. The van der Waals surface area contributed by atoms with Crippen LogP contribution in [0.4, 0.5) is 5.69 Å². The van der Waals surface area contributed by atoms with Crippen molar-refractivity contribution < 1.29 is 19.5 Å². The number of aryl methyl sites for hydroxylation is 1. The van der Waals surface area contributed by atoms with Crippen LogP contribution in [0.1, 0.15) is 124 Å². The van der Waals surface area contributed by atoms with Crippen molar-refractivity contribution in [2.24, 2.45) is 0 Å². The number of ketones is 1. The van der Waals surface area contributed by atoms with Gasteiger partial charge in [0.2, 0.25) is 5.78 Å². The number of phenolic OH excluding ortho intramolecular Hbond substituents is 1. The van der Waals surface area contributed by atoms with Crippen molar-refractivity contribution in [3.05, 3.63) is 69.0 Å². The maximum Gasteiger partial charge on any atom is 0.225 e. The Hall–Kier alpha value is -3.73. The van der Waals surface area contributed by atoms with E-state index in [9.17, 15) is 9.90 Å². The molecule has 0 spiro atoms. The number of phenols is 1. The molecular weight excluding hydrogens is 640 g/mol. The van der Waals surface area contributed by atoms with Crippen molar-refractivity contribution in [2.45, 2.75) is 111 Å². The third-order valence-electron chi connectivity index (χ3n) is 8.53. The zero-order valence-corrected chi connectivity index (χ0v) is 30.2. The molecule has 1 heterocycles. The van der Waals surface area contributed by atoms with Gasteiger partial charge in [-0.3, -0.25) is 4.79 Å². The number of hydrogen-bond acceptors (Lipinski definition) is 7. The van der Waals surface area contributed by atoms with Crippen molar-refractivity contribution in [3.63, 3.8) is 0 Å². The van der Waals surface area contributed by atoms with Crippen LogP contribution in [0.5, 0.6) is 11.5 Å². The molecule has 2 N–H and O–H groups in total. The number of anilines is 1. The Labute approximate surface area is 295 Å². The molecule has 256 valence electrons. The molecule has 0 saturated carbocycles. The Balaban J connectivity index is 1.24. The number of carbonyl (C=O) groups excluding carboxylic acids is 1. The molecule has 1 aromatic heterocycles. The van der Waals surface area contributed by atoms with Crippen molar-refractivity contribution in [3.8, 4) is 34.8 Å². The van der Waals surface area contributed by atoms with Gasteiger partial charge >= 0.3 is 0 Å². The Kier molecular flexibility index (Phi) is 15.4. The van der Waals surface area contributed by atoms with Gasteiger partial charge in [0.15, 0.2) is 5.01 Å². The van der Waals surface area contributed by atoms with Gasteiger partial charge in [0.1, 0.15) is 17.6 Å². The molecular formula is C40H49ClN2O4S. The number of thiazole rings is 1. The topological polar surface area (TPSA) is 80.7 Å². The summed E-state index contributed by atoms with van der Waals surface area (Å²) in [5.74, 6) is 2.90. The predicted octanol–water partition coefficient (Wildman–Crippen LogP) is 12.0. The summed E-state index contributed by atoms with van der Waals surface area (Å²) in [5, 5.41) is 12.6. The highest BCUT2D eigenvalue weighted by Gasteiger charge is 2.23. The van der Waals surface area contributed by atoms with Crippen LogP contribution < -0.4 is 10.2 Å². The van der Waals surface area contributed by atoms with Crippen molar-refractivity contribution in [2.75, 3.05) is 12.1 Å². The molecule has 0 atom stereocenters. The molecule has 0 amide bonds. The zero-order chi connectivity index (χ0) is 34.1. The van der Waals surface area contributed by atoms with E-state index < -0.39 is 5.78 Å². The van der Waals surface area contributed by atoms with Gasteiger partial charge in [-0.05, 0) is 49.7 Å². The first kappa shape index (κ1) is 37.1. The molecule has 0 saturated heterocycles. The maximum atomic E-state index is 13.6. The van der Waals surface area contributed by atoms with Gasteiger partial charge in [-0.2, -0.15) is 0 Å². The van der Waals surface area contributed by atoms with Gasteiger partial charge < -0.3 is 14.7 Å². The number of nitrogens with one attached hydrogen (secondary N) is 1. The van der Waals surface area contributed by atoms with E-state index in [-0.39, 0.29) is 16.3 Å². The summed E-state index contributed by atoms with van der Waals surface area (Å²) in [6.07, 6.45) is 21.2. The Morgan fingerprint density at radius 1 is 0.917 bits per heavy atom. The van der Waals surface area contributed by atoms with Gasteiger partial charge in [-0.1, -0.05) is 120 Å². The van der Waals surface area contributed by atoms with Gasteiger partial charge in [0.05, 0.1) is 28.6 Å². The fourth-order valence-electron chi connectivity index (χ4n) is 5.88. The van der Waals surface area contributed by atoms with E-state index in [2.05, 4.69) is 29.4 Å². The summed E-state index contributed by atoms with van der Waals surface area (Å²) < 4.78 is 6.00. The number of carbonyl (C=O) groups is 1. The monoisotopic (exact) mass is 688 g/mol. The van der Waals surface area contributed by atoms with Gasteiger partial charge in [0.25, 0.3) is 0 Å². The lowest BCUT2D eigenvalue weighted by atomic mass is 10.0. The second kappa shape index (κ2) is 19.9. The number of aromatic nitrogens is 1. The fourth-order valence-corrected chi connectivity index (χ4v) is 7.08. The first-order valence-corrected chi connectivity index (χ1v) is 18.7. The minimum atomic E-state index is -0.393. The van der Waals surface area contributed by atoms with Gasteiger partial charge in [-0.25, -0.2) is 10.5 Å². The molecule has 48 heavy (non-hydrogen) atoms. The second-order valence-corrected chi connectivity index (χ2v) is 13.9. The van der Waals surface area contributed by atoms with Crippen LogP contribution in [-0.2, 0) is 4.84 Å². The van der Waals surface area contributed by atoms with E-state index in [1.807, 2.05) is 31.2 Å². The molecule has 0 aliphatic carbocycles. The lowest BCUT2D eigenvalue weighted by Gasteiger charge is -2.12. The van der Waals surface area contributed by atoms with Crippen molar-refractivity contribution in [1.29, 1.82) is 0 Å². The van der Waals surface area contributed by atoms with E-state index in [0.29, 0.717) is 28.1 Å². The number of rotatable bonds is 21. The van der Waals surface area contributed by atoms with Crippen LogP contribution in [0.3, 0.4) is 0 Å². The molecule has 0 fully saturated rings. The van der Waals surface area contributed by atoms with E-state index in [4.69, 9.17) is 21.2 Å². The smallest absolute Gasteiger partial charge is 0.225 e. The average molecular weight is 689 g/mol. The normalized spacial score (nSPS) is 10.9. The molecule has 0 aliphatic heterocycles. The summed E-state index contributed by atoms with van der Waals surface area (Å²) in [5.41, 5.74) is 4.97. The van der Waals surface area contributed by atoms with Crippen LogP contribution >= 0.6 is 22.9 Å². The molecule has 3 aromatic carbocycles. The van der Waals surface area contributed by atoms with Crippen molar-refractivity contribution >= 4 is 45.2 Å². The lowest BCUT2D eigenvalue weighted by Crippen LogP contribution is -2.03. The molecule has 0 aliphatic rings. The number of fused-ring (bicyclic) bond motifs is 1. The van der Waals surface area contributed by atoms with Crippen LogP contribution in [0.2, 0.25) is 5.02 Å².